The second-order valence-corrected chi connectivity index (χ2v) is 6.62. The van der Waals surface area contributed by atoms with Gasteiger partial charge in [0.25, 0.3) is 0 Å². The molecule has 5 nitrogen and oxygen atoms in total. The van der Waals surface area contributed by atoms with Gasteiger partial charge < -0.3 is 4.90 Å². The SMILES string of the molecule is O=C1CCN(C(=O)CS(=O)(=O)c2ccc(F)cc2)CC1. The van der Waals surface area contributed by atoms with Crippen LogP contribution in [0.4, 0.5) is 4.39 Å². The Balaban J connectivity index is 2.06. The van der Waals surface area contributed by atoms with E-state index >= 15 is 0 Å². The highest BCUT2D eigenvalue weighted by molar-refractivity contribution is 7.92. The molecule has 0 bridgehead atoms. The topological polar surface area (TPSA) is 71.5 Å². The molecule has 0 aliphatic carbocycles. The smallest absolute Gasteiger partial charge is 0.238 e. The lowest BCUT2D eigenvalue weighted by Gasteiger charge is -2.25. The molecule has 20 heavy (non-hydrogen) atoms. The average molecular weight is 299 g/mol. The Hall–Kier alpha value is -1.76. The number of sulfone groups is 1. The van der Waals surface area contributed by atoms with Gasteiger partial charge in [0.1, 0.15) is 17.4 Å². The number of amides is 1. The average Bonchev–Trinajstić information content (AvgIpc) is 2.39. The van der Waals surface area contributed by atoms with Crippen molar-refractivity contribution in [2.45, 2.75) is 17.7 Å². The Morgan fingerprint density at radius 1 is 1.15 bits per heavy atom. The molecule has 108 valence electrons. The molecule has 0 unspecified atom stereocenters. The summed E-state index contributed by atoms with van der Waals surface area (Å²) in [5.41, 5.74) is 0. The molecule has 1 aromatic rings. The van der Waals surface area contributed by atoms with Crippen LogP contribution < -0.4 is 0 Å². The van der Waals surface area contributed by atoms with Gasteiger partial charge in [-0.05, 0) is 24.3 Å². The molecule has 1 saturated heterocycles. The largest absolute Gasteiger partial charge is 0.341 e. The zero-order valence-corrected chi connectivity index (χ0v) is 11.5. The van der Waals surface area contributed by atoms with Gasteiger partial charge in [-0.2, -0.15) is 0 Å². The van der Waals surface area contributed by atoms with Gasteiger partial charge in [-0.15, -0.1) is 0 Å². The number of hydrogen-bond donors (Lipinski definition) is 0. The van der Waals surface area contributed by atoms with Crippen molar-refractivity contribution < 1.29 is 22.4 Å². The standard InChI is InChI=1S/C13H14FNO4S/c14-10-1-3-12(4-2-10)20(18,19)9-13(17)15-7-5-11(16)6-8-15/h1-4H,5-9H2. The highest BCUT2D eigenvalue weighted by atomic mass is 32.2. The van der Waals surface area contributed by atoms with Crippen LogP contribution in [0.25, 0.3) is 0 Å². The second-order valence-electron chi connectivity index (χ2n) is 4.63. The zero-order valence-electron chi connectivity index (χ0n) is 10.7. The highest BCUT2D eigenvalue weighted by Gasteiger charge is 2.26. The van der Waals surface area contributed by atoms with E-state index in [2.05, 4.69) is 0 Å². The number of benzene rings is 1. The number of halogens is 1. The minimum Gasteiger partial charge on any atom is -0.341 e. The maximum absolute atomic E-state index is 12.8. The molecule has 0 spiro atoms. The lowest BCUT2D eigenvalue weighted by atomic mass is 10.1. The summed E-state index contributed by atoms with van der Waals surface area (Å²) in [6.07, 6.45) is 0.532. The van der Waals surface area contributed by atoms with Crippen molar-refractivity contribution in [2.24, 2.45) is 0 Å². The number of carbonyl (C=O) groups excluding carboxylic acids is 2. The fourth-order valence-electron chi connectivity index (χ4n) is 1.98. The van der Waals surface area contributed by atoms with Crippen molar-refractivity contribution in [3.63, 3.8) is 0 Å². The fourth-order valence-corrected chi connectivity index (χ4v) is 3.21. The van der Waals surface area contributed by atoms with E-state index in [0.717, 1.165) is 24.3 Å². The molecule has 1 aliphatic heterocycles. The van der Waals surface area contributed by atoms with E-state index in [1.54, 1.807) is 0 Å². The lowest BCUT2D eigenvalue weighted by Crippen LogP contribution is -2.41. The summed E-state index contributed by atoms with van der Waals surface area (Å²) in [5, 5.41) is 0. The Morgan fingerprint density at radius 2 is 1.70 bits per heavy atom. The number of hydrogen-bond acceptors (Lipinski definition) is 4. The molecular weight excluding hydrogens is 285 g/mol. The molecule has 0 aromatic heterocycles. The fraction of sp³-hybridized carbons (Fsp3) is 0.385. The minimum atomic E-state index is -3.78. The molecule has 0 radical (unpaired) electrons. The van der Waals surface area contributed by atoms with Crippen LogP contribution >= 0.6 is 0 Å². The molecule has 0 atom stereocenters. The van der Waals surface area contributed by atoms with Crippen LogP contribution in [0.1, 0.15) is 12.8 Å². The first-order valence-corrected chi connectivity index (χ1v) is 7.81. The van der Waals surface area contributed by atoms with Crippen molar-refractivity contribution in [2.75, 3.05) is 18.8 Å². The first-order chi connectivity index (χ1) is 9.38. The zero-order chi connectivity index (χ0) is 14.8. The summed E-state index contributed by atoms with van der Waals surface area (Å²) in [7, 11) is -3.78. The van der Waals surface area contributed by atoms with Crippen molar-refractivity contribution in [3.8, 4) is 0 Å². The van der Waals surface area contributed by atoms with Crippen molar-refractivity contribution in [1.29, 1.82) is 0 Å². The third kappa shape index (κ3) is 3.41. The first kappa shape index (κ1) is 14.6. The van der Waals surface area contributed by atoms with Gasteiger partial charge in [0, 0.05) is 25.9 Å². The number of piperidine rings is 1. The summed E-state index contributed by atoms with van der Waals surface area (Å²) >= 11 is 0. The Morgan fingerprint density at radius 3 is 2.25 bits per heavy atom. The molecule has 1 amide bonds. The van der Waals surface area contributed by atoms with E-state index in [-0.39, 0.29) is 36.6 Å². The maximum Gasteiger partial charge on any atom is 0.238 e. The third-order valence-corrected chi connectivity index (χ3v) is 4.78. The van der Waals surface area contributed by atoms with Crippen LogP contribution in [0.2, 0.25) is 0 Å². The number of nitrogens with zero attached hydrogens (tertiary/aromatic N) is 1. The van der Waals surface area contributed by atoms with E-state index in [0.29, 0.717) is 0 Å². The number of Topliss-reactive ketones (excluding diaryl/α,β-unsaturated/α-hetero) is 1. The number of rotatable bonds is 3. The monoisotopic (exact) mass is 299 g/mol. The van der Waals surface area contributed by atoms with Crippen LogP contribution in [0.15, 0.2) is 29.2 Å². The van der Waals surface area contributed by atoms with Gasteiger partial charge >= 0.3 is 0 Å². The summed E-state index contributed by atoms with van der Waals surface area (Å²) in [4.78, 5) is 24.3. The van der Waals surface area contributed by atoms with E-state index in [1.807, 2.05) is 0 Å². The predicted octanol–water partition coefficient (Wildman–Crippen LogP) is 0.791. The van der Waals surface area contributed by atoms with Gasteiger partial charge in [-0.3, -0.25) is 9.59 Å². The normalized spacial score (nSPS) is 16.2. The Kier molecular flexibility index (Phi) is 4.17. The summed E-state index contributed by atoms with van der Waals surface area (Å²) in [6.45, 7) is 0.521. The molecule has 1 fully saturated rings. The van der Waals surface area contributed by atoms with Crippen LogP contribution in [-0.4, -0.2) is 43.9 Å². The molecule has 1 aliphatic rings. The predicted molar refractivity (Wildman–Crippen MR) is 69.3 cm³/mol. The van der Waals surface area contributed by atoms with Crippen LogP contribution in [0.3, 0.4) is 0 Å². The van der Waals surface area contributed by atoms with Gasteiger partial charge in [-0.25, -0.2) is 12.8 Å². The maximum atomic E-state index is 12.8. The summed E-state index contributed by atoms with van der Waals surface area (Å²) < 4.78 is 36.8. The molecule has 0 N–H and O–H groups in total. The van der Waals surface area contributed by atoms with E-state index in [1.165, 1.54) is 4.90 Å². The molecule has 1 heterocycles. The molecule has 2 rings (SSSR count). The Labute approximate surface area is 116 Å². The second kappa shape index (κ2) is 5.70. The van der Waals surface area contributed by atoms with Crippen LogP contribution in [0.5, 0.6) is 0 Å². The molecule has 1 aromatic carbocycles. The minimum absolute atomic E-state index is 0.0791. The number of likely N-dealkylation sites (tertiary alicyclic amines) is 1. The first-order valence-electron chi connectivity index (χ1n) is 6.16. The quantitative estimate of drug-likeness (QED) is 0.774. The number of carbonyl (C=O) groups is 2. The van der Waals surface area contributed by atoms with Gasteiger partial charge in [-0.1, -0.05) is 0 Å². The van der Waals surface area contributed by atoms with E-state index in [9.17, 15) is 22.4 Å². The Bertz CT molecular complexity index is 614. The van der Waals surface area contributed by atoms with Crippen LogP contribution in [0, 0.1) is 5.82 Å². The van der Waals surface area contributed by atoms with Crippen LogP contribution in [-0.2, 0) is 19.4 Å². The van der Waals surface area contributed by atoms with Crippen molar-refractivity contribution in [3.05, 3.63) is 30.1 Å². The van der Waals surface area contributed by atoms with E-state index in [4.69, 9.17) is 0 Å². The van der Waals surface area contributed by atoms with Crippen molar-refractivity contribution in [1.82, 2.24) is 4.90 Å². The number of ketones is 1. The lowest BCUT2D eigenvalue weighted by molar-refractivity contribution is -0.132. The molecular formula is C13H14FNO4S. The molecule has 7 heteroatoms. The van der Waals surface area contributed by atoms with Gasteiger partial charge in [0.15, 0.2) is 9.84 Å². The highest BCUT2D eigenvalue weighted by Crippen LogP contribution is 2.14. The van der Waals surface area contributed by atoms with E-state index < -0.39 is 27.3 Å². The summed E-state index contributed by atoms with van der Waals surface area (Å²) in [5.74, 6) is -1.64. The van der Waals surface area contributed by atoms with Gasteiger partial charge in [0.2, 0.25) is 5.91 Å². The molecule has 0 saturated carbocycles. The summed E-state index contributed by atoms with van der Waals surface area (Å²) in [6, 6.07) is 4.35. The van der Waals surface area contributed by atoms with Crippen molar-refractivity contribution >= 4 is 21.5 Å². The third-order valence-electron chi connectivity index (χ3n) is 3.16. The van der Waals surface area contributed by atoms with Gasteiger partial charge in [0.05, 0.1) is 4.90 Å².